The second-order valence-electron chi connectivity index (χ2n) is 9.32. The second-order valence-corrected chi connectivity index (χ2v) is 9.32. The first-order chi connectivity index (χ1) is 18.6. The first-order valence-corrected chi connectivity index (χ1v) is 12.8. The Kier molecular flexibility index (Phi) is 12.7. The van der Waals surface area contributed by atoms with Gasteiger partial charge in [-0.2, -0.15) is 0 Å². The van der Waals surface area contributed by atoms with Crippen LogP contribution in [0.15, 0.2) is 54.6 Å². The highest BCUT2D eigenvalue weighted by atomic mass is 16.5. The standard InChI is InChI=1S/C28H37N3O8/c1-4-38-27(36)23(14-18(2)3)30-25(34)22(15-19-10-12-21(33)13-11-19)29-26(35)24(16-32)31-28(37)39-17-20-8-6-5-7-9-20/h5-13,18,22-24,32-33H,4,14-17H2,1-3H3,(H,29,35)(H,30,34)(H,31,37)/t22-,23-,24-/m0/s1. The van der Waals surface area contributed by atoms with Crippen LogP contribution in [0.2, 0.25) is 0 Å². The summed E-state index contributed by atoms with van der Waals surface area (Å²) in [6, 6.07) is 11.4. The maximum Gasteiger partial charge on any atom is 0.408 e. The molecule has 0 radical (unpaired) electrons. The van der Waals surface area contributed by atoms with Crippen molar-refractivity contribution in [2.24, 2.45) is 5.92 Å². The summed E-state index contributed by atoms with van der Waals surface area (Å²) in [6.45, 7) is 4.79. The molecule has 0 aliphatic heterocycles. The van der Waals surface area contributed by atoms with Gasteiger partial charge in [-0.1, -0.05) is 56.3 Å². The monoisotopic (exact) mass is 543 g/mol. The number of phenolic OH excluding ortho intramolecular Hbond substituents is 1. The van der Waals surface area contributed by atoms with Gasteiger partial charge >= 0.3 is 12.1 Å². The molecule has 0 saturated carbocycles. The molecule has 0 saturated heterocycles. The van der Waals surface area contributed by atoms with E-state index in [-0.39, 0.29) is 31.3 Å². The Morgan fingerprint density at radius 2 is 1.41 bits per heavy atom. The summed E-state index contributed by atoms with van der Waals surface area (Å²) >= 11 is 0. The Morgan fingerprint density at radius 1 is 0.795 bits per heavy atom. The number of alkyl carbamates (subject to hydrolysis) is 1. The predicted octanol–water partition coefficient (Wildman–Crippen LogP) is 1.80. The van der Waals surface area contributed by atoms with Gasteiger partial charge in [-0.15, -0.1) is 0 Å². The van der Waals surface area contributed by atoms with E-state index in [0.717, 1.165) is 5.56 Å². The number of hydrogen-bond acceptors (Lipinski definition) is 8. The molecule has 0 aromatic heterocycles. The van der Waals surface area contributed by atoms with Gasteiger partial charge in [0.1, 0.15) is 30.5 Å². The van der Waals surface area contributed by atoms with Crippen LogP contribution in [0.1, 0.15) is 38.3 Å². The summed E-state index contributed by atoms with van der Waals surface area (Å²) in [5.41, 5.74) is 1.35. The highest BCUT2D eigenvalue weighted by Crippen LogP contribution is 2.13. The minimum Gasteiger partial charge on any atom is -0.508 e. The summed E-state index contributed by atoms with van der Waals surface area (Å²) in [5.74, 6) is -1.98. The van der Waals surface area contributed by atoms with Crippen molar-refractivity contribution in [1.82, 2.24) is 16.0 Å². The Balaban J connectivity index is 2.13. The van der Waals surface area contributed by atoms with Crippen LogP contribution in [-0.4, -0.2) is 65.4 Å². The average molecular weight is 544 g/mol. The highest BCUT2D eigenvalue weighted by molar-refractivity contribution is 5.93. The molecule has 2 aromatic rings. The SMILES string of the molecule is CCOC(=O)[C@H](CC(C)C)NC(=O)[C@H](Cc1ccc(O)cc1)NC(=O)[C@H](CO)NC(=O)OCc1ccccc1. The Hall–Kier alpha value is -4.12. The zero-order chi connectivity index (χ0) is 28.8. The van der Waals surface area contributed by atoms with Gasteiger partial charge in [0.15, 0.2) is 0 Å². The summed E-state index contributed by atoms with van der Waals surface area (Å²) in [6.07, 6.45) is -0.601. The van der Waals surface area contributed by atoms with Crippen molar-refractivity contribution < 1.29 is 38.9 Å². The number of aliphatic hydroxyl groups excluding tert-OH is 1. The molecule has 0 aliphatic rings. The maximum absolute atomic E-state index is 13.3. The number of benzene rings is 2. The van der Waals surface area contributed by atoms with Crippen molar-refractivity contribution in [3.63, 3.8) is 0 Å². The number of aliphatic hydroxyl groups is 1. The Labute approximate surface area is 227 Å². The van der Waals surface area contributed by atoms with E-state index >= 15 is 0 Å². The fraction of sp³-hybridized carbons (Fsp3) is 0.429. The third-order valence-electron chi connectivity index (χ3n) is 5.61. The number of hydrogen-bond donors (Lipinski definition) is 5. The highest BCUT2D eigenvalue weighted by Gasteiger charge is 2.30. The van der Waals surface area contributed by atoms with Crippen LogP contribution in [-0.2, 0) is 36.9 Å². The zero-order valence-electron chi connectivity index (χ0n) is 22.4. The Morgan fingerprint density at radius 3 is 2.00 bits per heavy atom. The van der Waals surface area contributed by atoms with Crippen molar-refractivity contribution in [2.75, 3.05) is 13.2 Å². The lowest BCUT2D eigenvalue weighted by atomic mass is 10.0. The second kappa shape index (κ2) is 16.0. The topological polar surface area (TPSA) is 163 Å². The van der Waals surface area contributed by atoms with Crippen LogP contribution < -0.4 is 16.0 Å². The van der Waals surface area contributed by atoms with Crippen LogP contribution >= 0.6 is 0 Å². The molecule has 0 spiro atoms. The van der Waals surface area contributed by atoms with Crippen molar-refractivity contribution in [2.45, 2.75) is 58.3 Å². The number of esters is 1. The molecule has 11 nitrogen and oxygen atoms in total. The van der Waals surface area contributed by atoms with Gasteiger partial charge in [0.25, 0.3) is 0 Å². The van der Waals surface area contributed by atoms with Gasteiger partial charge in [0.2, 0.25) is 11.8 Å². The van der Waals surface area contributed by atoms with E-state index in [4.69, 9.17) is 9.47 Å². The fourth-order valence-corrected chi connectivity index (χ4v) is 3.65. The number of carbonyl (C=O) groups is 4. The van der Waals surface area contributed by atoms with E-state index in [1.807, 2.05) is 19.9 Å². The summed E-state index contributed by atoms with van der Waals surface area (Å²) in [4.78, 5) is 51.0. The van der Waals surface area contributed by atoms with Crippen LogP contribution in [0, 0.1) is 5.92 Å². The van der Waals surface area contributed by atoms with Crippen LogP contribution in [0.5, 0.6) is 5.75 Å². The lowest BCUT2D eigenvalue weighted by molar-refractivity contribution is -0.148. The molecular weight excluding hydrogens is 506 g/mol. The molecule has 3 amide bonds. The molecule has 0 heterocycles. The van der Waals surface area contributed by atoms with E-state index in [9.17, 15) is 29.4 Å². The van der Waals surface area contributed by atoms with Crippen molar-refractivity contribution in [1.29, 1.82) is 0 Å². The largest absolute Gasteiger partial charge is 0.508 e. The smallest absolute Gasteiger partial charge is 0.408 e. The fourth-order valence-electron chi connectivity index (χ4n) is 3.65. The summed E-state index contributed by atoms with van der Waals surface area (Å²) < 4.78 is 10.2. The summed E-state index contributed by atoms with van der Waals surface area (Å²) in [7, 11) is 0. The van der Waals surface area contributed by atoms with Gasteiger partial charge in [-0.3, -0.25) is 9.59 Å². The van der Waals surface area contributed by atoms with Crippen LogP contribution in [0.3, 0.4) is 0 Å². The molecule has 11 heteroatoms. The molecular formula is C28H37N3O8. The molecule has 2 aromatic carbocycles. The third kappa shape index (κ3) is 11.0. The molecule has 0 aliphatic carbocycles. The zero-order valence-corrected chi connectivity index (χ0v) is 22.4. The number of phenols is 1. The minimum atomic E-state index is -1.40. The number of amides is 3. The van der Waals surface area contributed by atoms with Crippen molar-refractivity contribution >= 4 is 23.9 Å². The van der Waals surface area contributed by atoms with Gasteiger partial charge in [0, 0.05) is 6.42 Å². The number of nitrogens with one attached hydrogen (secondary N) is 3. The molecule has 0 fully saturated rings. The average Bonchev–Trinajstić information content (AvgIpc) is 2.91. The molecule has 3 atom stereocenters. The number of aromatic hydroxyl groups is 1. The van der Waals surface area contributed by atoms with Crippen molar-refractivity contribution in [3.8, 4) is 5.75 Å². The minimum absolute atomic E-state index is 0.00563. The van der Waals surface area contributed by atoms with Crippen LogP contribution in [0.25, 0.3) is 0 Å². The Bertz CT molecular complexity index is 1080. The van der Waals surface area contributed by atoms with E-state index in [0.29, 0.717) is 12.0 Å². The van der Waals surface area contributed by atoms with Crippen molar-refractivity contribution in [3.05, 3.63) is 65.7 Å². The quantitative estimate of drug-likeness (QED) is 0.225. The number of rotatable bonds is 14. The molecule has 2 rings (SSSR count). The van der Waals surface area contributed by atoms with Gasteiger partial charge in [-0.25, -0.2) is 9.59 Å². The molecule has 0 unspecified atom stereocenters. The van der Waals surface area contributed by atoms with E-state index in [1.165, 1.54) is 12.1 Å². The van der Waals surface area contributed by atoms with Gasteiger partial charge < -0.3 is 35.6 Å². The normalized spacial score (nSPS) is 13.1. The maximum atomic E-state index is 13.3. The molecule has 0 bridgehead atoms. The van der Waals surface area contributed by atoms with E-state index in [1.54, 1.807) is 43.3 Å². The first-order valence-electron chi connectivity index (χ1n) is 12.8. The lowest BCUT2D eigenvalue weighted by Gasteiger charge is -2.25. The van der Waals surface area contributed by atoms with Gasteiger partial charge in [-0.05, 0) is 42.5 Å². The summed E-state index contributed by atoms with van der Waals surface area (Å²) in [5, 5.41) is 26.8. The third-order valence-corrected chi connectivity index (χ3v) is 5.61. The first kappa shape index (κ1) is 31.1. The van der Waals surface area contributed by atoms with E-state index < -0.39 is 48.6 Å². The van der Waals surface area contributed by atoms with E-state index in [2.05, 4.69) is 16.0 Å². The number of ether oxygens (including phenoxy) is 2. The molecule has 5 N–H and O–H groups in total. The van der Waals surface area contributed by atoms with Gasteiger partial charge in [0.05, 0.1) is 13.2 Å². The van der Waals surface area contributed by atoms with Crippen LogP contribution in [0.4, 0.5) is 4.79 Å². The lowest BCUT2D eigenvalue weighted by Crippen LogP contribution is -2.57. The molecule has 212 valence electrons. The number of carbonyl (C=O) groups excluding carboxylic acids is 4. The molecule has 39 heavy (non-hydrogen) atoms. The predicted molar refractivity (Wildman–Crippen MR) is 142 cm³/mol.